The maximum atomic E-state index is 13.5. The van der Waals surface area contributed by atoms with E-state index in [0.717, 1.165) is 35.0 Å². The quantitative estimate of drug-likeness (QED) is 0.623. The molecule has 0 amide bonds. The largest absolute Gasteiger partial charge is 0.352 e. The third-order valence-electron chi connectivity index (χ3n) is 6.04. The minimum absolute atomic E-state index is 0.0283. The fraction of sp³-hybridized carbons (Fsp3) is 0.304. The molecule has 0 bridgehead atoms. The van der Waals surface area contributed by atoms with Crippen molar-refractivity contribution in [2.75, 3.05) is 0 Å². The van der Waals surface area contributed by atoms with Gasteiger partial charge in [0.15, 0.2) is 5.11 Å². The Labute approximate surface area is 175 Å². The van der Waals surface area contributed by atoms with Crippen molar-refractivity contribution >= 4 is 17.3 Å². The summed E-state index contributed by atoms with van der Waals surface area (Å²) < 4.78 is 15.6. The van der Waals surface area contributed by atoms with Crippen molar-refractivity contribution in [3.8, 4) is 5.69 Å². The third-order valence-corrected chi connectivity index (χ3v) is 6.37. The summed E-state index contributed by atoms with van der Waals surface area (Å²) in [5.74, 6) is -0.231. The molecule has 4 nitrogen and oxygen atoms in total. The molecule has 2 aliphatic rings. The van der Waals surface area contributed by atoms with Gasteiger partial charge < -0.3 is 14.8 Å². The Balaban J connectivity index is 1.61. The van der Waals surface area contributed by atoms with E-state index in [1.807, 2.05) is 42.7 Å². The standard InChI is InChI=1S/C23H23FN4S/c24-16-10-12-17(13-11-16)27-15-5-9-20(27)22-21(19-8-3-4-14-25-19)26-23(29)28(22)18-6-1-2-7-18/h3-5,8-15,18,21-22H,1-2,6-7H2,(H,26,29)/t21-,22+/m0/s1. The van der Waals surface area contributed by atoms with E-state index in [0.29, 0.717) is 6.04 Å². The van der Waals surface area contributed by atoms with E-state index in [9.17, 15) is 4.39 Å². The molecule has 3 heterocycles. The Hall–Kier alpha value is -2.73. The van der Waals surface area contributed by atoms with E-state index in [-0.39, 0.29) is 17.9 Å². The number of benzene rings is 1. The van der Waals surface area contributed by atoms with Crippen LogP contribution in [-0.2, 0) is 0 Å². The summed E-state index contributed by atoms with van der Waals surface area (Å²) in [7, 11) is 0. The molecule has 1 N–H and O–H groups in total. The molecular weight excluding hydrogens is 383 g/mol. The van der Waals surface area contributed by atoms with Gasteiger partial charge in [0.1, 0.15) is 5.82 Å². The van der Waals surface area contributed by atoms with Gasteiger partial charge in [-0.25, -0.2) is 4.39 Å². The molecular formula is C23H23FN4S. The second kappa shape index (κ2) is 7.59. The molecule has 148 valence electrons. The number of halogens is 1. The van der Waals surface area contributed by atoms with Crippen LogP contribution in [0.25, 0.3) is 5.69 Å². The van der Waals surface area contributed by atoms with E-state index in [1.165, 1.54) is 25.0 Å². The lowest BCUT2D eigenvalue weighted by atomic mass is 9.99. The second-order valence-corrected chi connectivity index (χ2v) is 8.14. The number of rotatable bonds is 4. The van der Waals surface area contributed by atoms with Crippen molar-refractivity contribution in [1.29, 1.82) is 0 Å². The first kappa shape index (κ1) is 18.3. The normalized spacial score (nSPS) is 22.2. The molecule has 5 rings (SSSR count). The minimum atomic E-state index is -0.231. The van der Waals surface area contributed by atoms with Crippen LogP contribution in [0.3, 0.4) is 0 Å². The van der Waals surface area contributed by atoms with Gasteiger partial charge in [-0.2, -0.15) is 0 Å². The van der Waals surface area contributed by atoms with E-state index >= 15 is 0 Å². The number of pyridine rings is 1. The number of hydrogen-bond acceptors (Lipinski definition) is 2. The summed E-state index contributed by atoms with van der Waals surface area (Å²) >= 11 is 5.81. The van der Waals surface area contributed by atoms with Gasteiger partial charge >= 0.3 is 0 Å². The molecule has 6 heteroatoms. The lowest BCUT2D eigenvalue weighted by molar-refractivity contribution is 0.239. The summed E-state index contributed by atoms with van der Waals surface area (Å²) in [6.45, 7) is 0. The Bertz CT molecular complexity index is 995. The van der Waals surface area contributed by atoms with E-state index in [1.54, 1.807) is 0 Å². The Morgan fingerprint density at radius 2 is 1.79 bits per heavy atom. The predicted octanol–water partition coefficient (Wildman–Crippen LogP) is 4.93. The summed E-state index contributed by atoms with van der Waals surface area (Å²) in [5.41, 5.74) is 3.05. The van der Waals surface area contributed by atoms with Crippen LogP contribution in [0.2, 0.25) is 0 Å². The van der Waals surface area contributed by atoms with Gasteiger partial charge in [-0.05, 0) is 73.6 Å². The topological polar surface area (TPSA) is 33.1 Å². The number of hydrogen-bond donors (Lipinski definition) is 1. The first-order valence-electron chi connectivity index (χ1n) is 10.2. The highest BCUT2D eigenvalue weighted by Gasteiger charge is 2.44. The third kappa shape index (κ3) is 3.31. The number of nitrogens with one attached hydrogen (secondary N) is 1. The van der Waals surface area contributed by atoms with Crippen LogP contribution in [0, 0.1) is 5.82 Å². The molecule has 0 unspecified atom stereocenters. The van der Waals surface area contributed by atoms with Gasteiger partial charge in [0.2, 0.25) is 0 Å². The maximum Gasteiger partial charge on any atom is 0.170 e. The molecule has 3 aromatic rings. The molecule has 2 atom stereocenters. The van der Waals surface area contributed by atoms with E-state index in [2.05, 4.69) is 31.9 Å². The van der Waals surface area contributed by atoms with Gasteiger partial charge in [-0.1, -0.05) is 18.9 Å². The van der Waals surface area contributed by atoms with Crippen LogP contribution in [0.15, 0.2) is 67.0 Å². The zero-order valence-corrected chi connectivity index (χ0v) is 16.9. The van der Waals surface area contributed by atoms with Crippen LogP contribution in [0.1, 0.15) is 49.2 Å². The minimum Gasteiger partial charge on any atom is -0.352 e. The average Bonchev–Trinajstić information content (AvgIpc) is 3.48. The van der Waals surface area contributed by atoms with Gasteiger partial charge in [0.25, 0.3) is 0 Å². The van der Waals surface area contributed by atoms with Crippen LogP contribution >= 0.6 is 12.2 Å². The second-order valence-electron chi connectivity index (χ2n) is 7.75. The molecule has 1 aliphatic heterocycles. The number of nitrogens with zero attached hydrogens (tertiary/aromatic N) is 3. The van der Waals surface area contributed by atoms with E-state index in [4.69, 9.17) is 12.2 Å². The van der Waals surface area contributed by atoms with Gasteiger partial charge in [0.05, 0.1) is 17.8 Å². The highest BCUT2D eigenvalue weighted by Crippen LogP contribution is 2.43. The Morgan fingerprint density at radius 1 is 1.00 bits per heavy atom. The van der Waals surface area contributed by atoms with Crippen molar-refractivity contribution in [2.24, 2.45) is 0 Å². The molecule has 2 aromatic heterocycles. The Kier molecular flexibility index (Phi) is 4.79. The van der Waals surface area contributed by atoms with Gasteiger partial charge in [-0.15, -0.1) is 0 Å². The summed E-state index contributed by atoms with van der Waals surface area (Å²) in [6, 6.07) is 17.3. The van der Waals surface area contributed by atoms with E-state index < -0.39 is 0 Å². The fourth-order valence-electron chi connectivity index (χ4n) is 4.73. The molecule has 0 radical (unpaired) electrons. The molecule has 0 spiro atoms. The molecule has 2 fully saturated rings. The molecule has 1 aromatic carbocycles. The molecule has 1 saturated carbocycles. The van der Waals surface area contributed by atoms with Crippen LogP contribution < -0.4 is 5.32 Å². The first-order valence-corrected chi connectivity index (χ1v) is 10.6. The van der Waals surface area contributed by atoms with Crippen LogP contribution in [-0.4, -0.2) is 25.6 Å². The zero-order chi connectivity index (χ0) is 19.8. The first-order chi connectivity index (χ1) is 14.2. The lowest BCUT2D eigenvalue weighted by Gasteiger charge is -2.33. The number of thiocarbonyl (C=S) groups is 1. The van der Waals surface area contributed by atoms with Crippen molar-refractivity contribution < 1.29 is 4.39 Å². The Morgan fingerprint density at radius 3 is 2.52 bits per heavy atom. The predicted molar refractivity (Wildman–Crippen MR) is 115 cm³/mol. The van der Waals surface area contributed by atoms with Crippen molar-refractivity contribution in [3.05, 3.63) is 84.2 Å². The molecule has 29 heavy (non-hydrogen) atoms. The summed E-state index contributed by atoms with van der Waals surface area (Å²) in [4.78, 5) is 7.01. The average molecular weight is 407 g/mol. The molecule has 1 saturated heterocycles. The monoisotopic (exact) mass is 406 g/mol. The molecule has 1 aliphatic carbocycles. The highest BCUT2D eigenvalue weighted by atomic mass is 32.1. The van der Waals surface area contributed by atoms with Crippen molar-refractivity contribution in [2.45, 2.75) is 43.8 Å². The summed E-state index contributed by atoms with van der Waals surface area (Å²) in [6.07, 6.45) is 8.66. The van der Waals surface area contributed by atoms with Crippen molar-refractivity contribution in [3.63, 3.8) is 0 Å². The highest BCUT2D eigenvalue weighted by molar-refractivity contribution is 7.80. The van der Waals surface area contributed by atoms with Crippen LogP contribution in [0.5, 0.6) is 0 Å². The van der Waals surface area contributed by atoms with Crippen molar-refractivity contribution in [1.82, 2.24) is 19.8 Å². The zero-order valence-electron chi connectivity index (χ0n) is 16.0. The van der Waals surface area contributed by atoms with Gasteiger partial charge in [-0.3, -0.25) is 4.98 Å². The summed E-state index contributed by atoms with van der Waals surface area (Å²) in [5, 5.41) is 4.34. The maximum absolute atomic E-state index is 13.5. The SMILES string of the molecule is Fc1ccc(-n2cccc2[C@@H]2[C@H](c3ccccn3)NC(=S)N2C2CCCC2)cc1. The fourth-order valence-corrected chi connectivity index (χ4v) is 5.12. The number of aromatic nitrogens is 2. The smallest absolute Gasteiger partial charge is 0.170 e. The van der Waals surface area contributed by atoms with Crippen LogP contribution in [0.4, 0.5) is 4.39 Å². The van der Waals surface area contributed by atoms with Gasteiger partial charge in [0, 0.05) is 29.8 Å². The lowest BCUT2D eigenvalue weighted by Crippen LogP contribution is -2.38.